The van der Waals surface area contributed by atoms with Crippen molar-refractivity contribution in [3.05, 3.63) is 49.8 Å². The molecule has 1 N–H and O–H groups in total. The Morgan fingerprint density at radius 2 is 2.00 bits per heavy atom. The van der Waals surface area contributed by atoms with Gasteiger partial charge < -0.3 is 9.88 Å². The Bertz CT molecular complexity index is 933. The molecule has 2 aromatic heterocycles. The zero-order chi connectivity index (χ0) is 19.8. The van der Waals surface area contributed by atoms with Crippen LogP contribution in [0.5, 0.6) is 0 Å². The summed E-state index contributed by atoms with van der Waals surface area (Å²) in [4.78, 5) is 38.7. The van der Waals surface area contributed by atoms with Crippen LogP contribution in [0.2, 0.25) is 0 Å². The number of thiophene rings is 1. The molecule has 0 bridgehead atoms. The summed E-state index contributed by atoms with van der Waals surface area (Å²) in [5, 5.41) is 1.91. The van der Waals surface area contributed by atoms with Gasteiger partial charge in [0.05, 0.1) is 28.7 Å². The summed E-state index contributed by atoms with van der Waals surface area (Å²) in [7, 11) is 0. The first-order chi connectivity index (χ1) is 14.2. The van der Waals surface area contributed by atoms with Gasteiger partial charge in [-0.2, -0.15) is 0 Å². The third kappa shape index (κ3) is 3.66. The highest BCUT2D eigenvalue weighted by Gasteiger charge is 2.35. The lowest BCUT2D eigenvalue weighted by Gasteiger charge is -2.35. The average Bonchev–Trinajstić information content (AvgIpc) is 3.46. The van der Waals surface area contributed by atoms with Crippen LogP contribution in [0.25, 0.3) is 0 Å². The van der Waals surface area contributed by atoms with E-state index in [1.807, 2.05) is 17.5 Å². The SMILES string of the molecule is O=C(c1cccs1)N1CCc2nc([C@@H]3CCCN3C3CCCCC3)[nH]c(=O)c2C1. The van der Waals surface area contributed by atoms with Crippen LogP contribution in [-0.4, -0.2) is 44.8 Å². The molecule has 6 nitrogen and oxygen atoms in total. The second kappa shape index (κ2) is 8.03. The van der Waals surface area contributed by atoms with Gasteiger partial charge in [-0.05, 0) is 43.7 Å². The molecule has 0 radical (unpaired) electrons. The van der Waals surface area contributed by atoms with E-state index < -0.39 is 0 Å². The fourth-order valence-electron chi connectivity index (χ4n) is 5.26. The molecule has 154 valence electrons. The fraction of sp³-hybridized carbons (Fsp3) is 0.591. The molecule has 7 heteroatoms. The topological polar surface area (TPSA) is 69.3 Å². The number of nitrogens with one attached hydrogen (secondary N) is 1. The minimum absolute atomic E-state index is 0.00777. The van der Waals surface area contributed by atoms with Gasteiger partial charge in [0, 0.05) is 19.0 Å². The van der Waals surface area contributed by atoms with Gasteiger partial charge in [-0.15, -0.1) is 11.3 Å². The molecule has 2 aromatic rings. The number of H-pyrrole nitrogens is 1. The summed E-state index contributed by atoms with van der Waals surface area (Å²) in [6.45, 7) is 2.08. The van der Waals surface area contributed by atoms with Crippen molar-refractivity contribution < 1.29 is 4.79 Å². The Kier molecular flexibility index (Phi) is 5.26. The zero-order valence-electron chi connectivity index (χ0n) is 16.7. The van der Waals surface area contributed by atoms with Crippen LogP contribution in [0.15, 0.2) is 22.3 Å². The summed E-state index contributed by atoms with van der Waals surface area (Å²) in [6, 6.07) is 4.60. The standard InChI is InChI=1S/C22H28N4O2S/c27-21-16-14-25(22(28)19-9-5-13-29-19)12-10-17(16)23-20(24-21)18-8-4-11-26(18)15-6-2-1-3-7-15/h5,9,13,15,18H,1-4,6-8,10-12,14H2,(H,23,24,27)/t18-/m0/s1. The predicted molar refractivity (Wildman–Crippen MR) is 113 cm³/mol. The molecule has 5 rings (SSSR count). The smallest absolute Gasteiger partial charge is 0.264 e. The summed E-state index contributed by atoms with van der Waals surface area (Å²) in [5.74, 6) is 0.850. The summed E-state index contributed by atoms with van der Waals surface area (Å²) in [5.41, 5.74) is 1.48. The normalized spacial score (nSPS) is 23.3. The zero-order valence-corrected chi connectivity index (χ0v) is 17.5. The third-order valence-corrected chi connectivity index (χ3v) is 7.62. The highest BCUT2D eigenvalue weighted by atomic mass is 32.1. The lowest BCUT2D eigenvalue weighted by Crippen LogP contribution is -2.41. The quantitative estimate of drug-likeness (QED) is 0.838. The van der Waals surface area contributed by atoms with Crippen LogP contribution in [0.3, 0.4) is 0 Å². The van der Waals surface area contributed by atoms with Crippen molar-refractivity contribution in [3.63, 3.8) is 0 Å². The van der Waals surface area contributed by atoms with Crippen molar-refractivity contribution in [2.45, 2.75) is 70.0 Å². The first-order valence-electron chi connectivity index (χ1n) is 10.9. The number of rotatable bonds is 3. The van der Waals surface area contributed by atoms with Crippen LogP contribution in [-0.2, 0) is 13.0 Å². The molecule has 1 aliphatic carbocycles. The highest BCUT2D eigenvalue weighted by molar-refractivity contribution is 7.12. The number of nitrogens with zero attached hydrogens (tertiary/aromatic N) is 3. The van der Waals surface area contributed by atoms with Gasteiger partial charge in [-0.3, -0.25) is 14.5 Å². The van der Waals surface area contributed by atoms with Crippen LogP contribution >= 0.6 is 11.3 Å². The minimum atomic E-state index is -0.0656. The Morgan fingerprint density at radius 1 is 1.14 bits per heavy atom. The Hall–Kier alpha value is -1.99. The van der Waals surface area contributed by atoms with E-state index in [0.717, 1.165) is 29.4 Å². The number of aromatic nitrogens is 2. The van der Waals surface area contributed by atoms with Gasteiger partial charge in [0.2, 0.25) is 0 Å². The molecule has 2 aliphatic heterocycles. The molecular formula is C22H28N4O2S. The second-order valence-electron chi connectivity index (χ2n) is 8.52. The number of hydrogen-bond acceptors (Lipinski definition) is 5. The van der Waals surface area contributed by atoms with E-state index in [1.54, 1.807) is 4.90 Å². The van der Waals surface area contributed by atoms with E-state index in [2.05, 4.69) is 9.88 Å². The van der Waals surface area contributed by atoms with Gasteiger partial charge >= 0.3 is 0 Å². The van der Waals surface area contributed by atoms with Crippen molar-refractivity contribution in [2.75, 3.05) is 13.1 Å². The minimum Gasteiger partial charge on any atom is -0.333 e. The van der Waals surface area contributed by atoms with Gasteiger partial charge in [0.1, 0.15) is 5.82 Å². The van der Waals surface area contributed by atoms with Gasteiger partial charge in [-0.1, -0.05) is 25.3 Å². The predicted octanol–water partition coefficient (Wildman–Crippen LogP) is 3.50. The molecule has 1 atom stereocenters. The maximum absolute atomic E-state index is 12.9. The fourth-order valence-corrected chi connectivity index (χ4v) is 5.95. The van der Waals surface area contributed by atoms with E-state index in [-0.39, 0.29) is 17.5 Å². The first-order valence-corrected chi connectivity index (χ1v) is 11.8. The van der Waals surface area contributed by atoms with Crippen LogP contribution < -0.4 is 5.56 Å². The van der Waals surface area contributed by atoms with Crippen molar-refractivity contribution in [1.82, 2.24) is 19.8 Å². The largest absolute Gasteiger partial charge is 0.333 e. The van der Waals surface area contributed by atoms with Crippen molar-refractivity contribution >= 4 is 17.2 Å². The summed E-state index contributed by atoms with van der Waals surface area (Å²) in [6.07, 6.45) is 9.42. The second-order valence-corrected chi connectivity index (χ2v) is 9.47. The lowest BCUT2D eigenvalue weighted by molar-refractivity contribution is 0.0737. The maximum Gasteiger partial charge on any atom is 0.264 e. The average molecular weight is 413 g/mol. The highest BCUT2D eigenvalue weighted by Crippen LogP contribution is 2.36. The molecule has 4 heterocycles. The van der Waals surface area contributed by atoms with E-state index >= 15 is 0 Å². The molecular weight excluding hydrogens is 384 g/mol. The molecule has 0 aromatic carbocycles. The van der Waals surface area contributed by atoms with Crippen molar-refractivity contribution in [3.8, 4) is 0 Å². The number of aromatic amines is 1. The van der Waals surface area contributed by atoms with Gasteiger partial charge in [-0.25, -0.2) is 4.98 Å². The van der Waals surface area contributed by atoms with Crippen LogP contribution in [0.1, 0.15) is 77.7 Å². The number of fused-ring (bicyclic) bond motifs is 1. The maximum atomic E-state index is 12.9. The number of carbonyl (C=O) groups is 1. The van der Waals surface area contributed by atoms with E-state index in [0.29, 0.717) is 31.1 Å². The van der Waals surface area contributed by atoms with Gasteiger partial charge in [0.25, 0.3) is 11.5 Å². The lowest BCUT2D eigenvalue weighted by atomic mass is 9.93. The van der Waals surface area contributed by atoms with Crippen molar-refractivity contribution in [2.24, 2.45) is 0 Å². The number of carbonyl (C=O) groups excluding carboxylic acids is 1. The monoisotopic (exact) mass is 412 g/mol. The van der Waals surface area contributed by atoms with E-state index in [4.69, 9.17) is 4.98 Å². The van der Waals surface area contributed by atoms with E-state index in [9.17, 15) is 9.59 Å². The number of hydrogen-bond donors (Lipinski definition) is 1. The number of amides is 1. The summed E-state index contributed by atoms with van der Waals surface area (Å²) < 4.78 is 0. The molecule has 2 fully saturated rings. The van der Waals surface area contributed by atoms with E-state index in [1.165, 1.54) is 49.9 Å². The van der Waals surface area contributed by atoms with Crippen LogP contribution in [0.4, 0.5) is 0 Å². The number of likely N-dealkylation sites (tertiary alicyclic amines) is 1. The van der Waals surface area contributed by atoms with Crippen LogP contribution in [0, 0.1) is 0 Å². The molecule has 29 heavy (non-hydrogen) atoms. The van der Waals surface area contributed by atoms with Gasteiger partial charge in [0.15, 0.2) is 0 Å². The Morgan fingerprint density at radius 3 is 2.79 bits per heavy atom. The molecule has 0 unspecified atom stereocenters. The van der Waals surface area contributed by atoms with Crippen molar-refractivity contribution in [1.29, 1.82) is 0 Å². The Balaban J connectivity index is 1.37. The molecule has 0 spiro atoms. The molecule has 3 aliphatic rings. The Labute approximate surface area is 175 Å². The third-order valence-electron chi connectivity index (χ3n) is 6.76. The molecule has 1 saturated carbocycles. The molecule has 1 saturated heterocycles. The molecule has 1 amide bonds. The first kappa shape index (κ1) is 19.0. The summed E-state index contributed by atoms with van der Waals surface area (Å²) >= 11 is 1.44.